The number of unbranched alkanes of at least 4 members (excludes halogenated alkanes) is 1. The highest BCUT2D eigenvalue weighted by atomic mass is 16.2. The summed E-state index contributed by atoms with van der Waals surface area (Å²) in [6.07, 6.45) is 1.71. The second kappa shape index (κ2) is 6.16. The Morgan fingerprint density at radius 1 is 1.24 bits per heavy atom. The molecular formula is C17H26N6O2. The maximum absolute atomic E-state index is 13.1. The first kappa shape index (κ1) is 17.4. The third-order valence-corrected chi connectivity index (χ3v) is 4.84. The average Bonchev–Trinajstić information content (AvgIpc) is 2.97. The molecule has 0 amide bonds. The molecule has 0 aromatic carbocycles. The van der Waals surface area contributed by atoms with Crippen molar-refractivity contribution in [3.05, 3.63) is 20.8 Å². The molecule has 0 fully saturated rings. The van der Waals surface area contributed by atoms with Crippen LogP contribution >= 0.6 is 0 Å². The summed E-state index contributed by atoms with van der Waals surface area (Å²) in [4.78, 5) is 30.3. The molecule has 1 aliphatic rings. The van der Waals surface area contributed by atoms with E-state index in [-0.39, 0.29) is 23.3 Å². The third-order valence-electron chi connectivity index (χ3n) is 4.84. The molecule has 0 saturated heterocycles. The van der Waals surface area contributed by atoms with Crippen LogP contribution in [-0.4, -0.2) is 30.4 Å². The van der Waals surface area contributed by atoms with Crippen molar-refractivity contribution < 1.29 is 0 Å². The summed E-state index contributed by atoms with van der Waals surface area (Å²) in [6.45, 7) is 10.5. The third kappa shape index (κ3) is 2.51. The largest absolute Gasteiger partial charge is 0.332 e. The molecule has 0 bridgehead atoms. The van der Waals surface area contributed by atoms with Gasteiger partial charge in [-0.25, -0.2) is 9.80 Å². The topological polar surface area (TPSA) is 77.4 Å². The molecule has 2 aromatic rings. The molecule has 1 atom stereocenters. The quantitative estimate of drug-likeness (QED) is 0.847. The number of hydrogen-bond donors (Lipinski definition) is 0. The molecule has 0 saturated carbocycles. The van der Waals surface area contributed by atoms with Gasteiger partial charge in [0.2, 0.25) is 5.95 Å². The summed E-state index contributed by atoms with van der Waals surface area (Å²) in [6, 6.07) is 0.0113. The van der Waals surface area contributed by atoms with E-state index in [1.54, 1.807) is 7.05 Å². The Balaban J connectivity index is 2.39. The van der Waals surface area contributed by atoms with Crippen LogP contribution in [0, 0.1) is 0 Å². The number of imidazole rings is 1. The van der Waals surface area contributed by atoms with Crippen LogP contribution in [0.1, 0.15) is 53.5 Å². The molecular weight excluding hydrogens is 320 g/mol. The van der Waals surface area contributed by atoms with Gasteiger partial charge in [0.15, 0.2) is 11.2 Å². The molecule has 0 radical (unpaired) electrons. The van der Waals surface area contributed by atoms with Crippen LogP contribution in [0.4, 0.5) is 5.95 Å². The van der Waals surface area contributed by atoms with Gasteiger partial charge in [-0.2, -0.15) is 10.1 Å². The number of fused-ring (bicyclic) bond motifs is 3. The maximum Gasteiger partial charge on any atom is 0.332 e. The van der Waals surface area contributed by atoms with Crippen LogP contribution in [0.2, 0.25) is 0 Å². The monoisotopic (exact) mass is 346 g/mol. The van der Waals surface area contributed by atoms with E-state index in [0.717, 1.165) is 18.6 Å². The zero-order chi connectivity index (χ0) is 18.5. The number of rotatable bonds is 4. The summed E-state index contributed by atoms with van der Waals surface area (Å²) >= 11 is 0. The Hall–Kier alpha value is -2.38. The Morgan fingerprint density at radius 3 is 2.52 bits per heavy atom. The lowest BCUT2D eigenvalue weighted by Crippen LogP contribution is -2.40. The fourth-order valence-electron chi connectivity index (χ4n) is 3.20. The standard InChI is InChI=1S/C17H26N6O2/c1-7-8-9-21-15(24)13-14(20(6)17(21)25)18-16-22(13)12(5)11(4)19-23(16)10(2)3/h10,12H,7-9H2,1-6H3/t12-/m0/s1. The van der Waals surface area contributed by atoms with Gasteiger partial charge >= 0.3 is 5.69 Å². The van der Waals surface area contributed by atoms with Crippen LogP contribution < -0.4 is 16.3 Å². The van der Waals surface area contributed by atoms with E-state index in [9.17, 15) is 9.59 Å². The van der Waals surface area contributed by atoms with E-state index < -0.39 is 0 Å². The van der Waals surface area contributed by atoms with Crippen molar-refractivity contribution in [3.8, 4) is 0 Å². The molecule has 0 N–H and O–H groups in total. The average molecular weight is 346 g/mol. The lowest BCUT2D eigenvalue weighted by Gasteiger charge is -2.31. The normalized spacial score (nSPS) is 17.3. The van der Waals surface area contributed by atoms with E-state index in [1.807, 2.05) is 44.2 Å². The number of hydrogen-bond acceptors (Lipinski definition) is 5. The van der Waals surface area contributed by atoms with Crippen LogP contribution in [0.25, 0.3) is 11.2 Å². The van der Waals surface area contributed by atoms with Gasteiger partial charge in [0.1, 0.15) is 0 Å². The van der Waals surface area contributed by atoms with E-state index in [0.29, 0.717) is 23.7 Å². The second-order valence-electron chi connectivity index (χ2n) is 6.96. The smallest absolute Gasteiger partial charge is 0.294 e. The SMILES string of the molecule is CCCCn1c(=O)c2c(nc3n2[C@@H](C)C(C)=NN3C(C)C)n(C)c1=O. The Kier molecular flexibility index (Phi) is 4.30. The number of aryl methyl sites for hydroxylation is 1. The van der Waals surface area contributed by atoms with Gasteiger partial charge in [-0.15, -0.1) is 0 Å². The first-order chi connectivity index (χ1) is 11.8. The molecule has 0 spiro atoms. The fourth-order valence-corrected chi connectivity index (χ4v) is 3.20. The fraction of sp³-hybridized carbons (Fsp3) is 0.647. The zero-order valence-electron chi connectivity index (χ0n) is 15.8. The molecule has 3 heterocycles. The van der Waals surface area contributed by atoms with Crippen molar-refractivity contribution >= 4 is 22.8 Å². The first-order valence-corrected chi connectivity index (χ1v) is 8.85. The minimum absolute atomic E-state index is 0.0835. The van der Waals surface area contributed by atoms with Crippen molar-refractivity contribution in [2.45, 2.75) is 66.1 Å². The molecule has 136 valence electrons. The molecule has 2 aromatic heterocycles. The Labute approximate surface area is 146 Å². The molecule has 3 rings (SSSR count). The summed E-state index contributed by atoms with van der Waals surface area (Å²) < 4.78 is 4.72. The molecule has 0 aliphatic carbocycles. The molecule has 1 aliphatic heterocycles. The predicted molar refractivity (Wildman–Crippen MR) is 99.6 cm³/mol. The highest BCUT2D eigenvalue weighted by Crippen LogP contribution is 2.30. The van der Waals surface area contributed by atoms with E-state index in [2.05, 4.69) is 10.1 Å². The van der Waals surface area contributed by atoms with Gasteiger partial charge < -0.3 is 0 Å². The minimum Gasteiger partial charge on any atom is -0.294 e. The van der Waals surface area contributed by atoms with E-state index >= 15 is 0 Å². The lowest BCUT2D eigenvalue weighted by molar-refractivity contribution is 0.561. The van der Waals surface area contributed by atoms with Gasteiger partial charge in [-0.1, -0.05) is 13.3 Å². The maximum atomic E-state index is 13.1. The second-order valence-corrected chi connectivity index (χ2v) is 6.96. The van der Waals surface area contributed by atoms with Gasteiger partial charge in [-0.3, -0.25) is 18.5 Å². The molecule has 25 heavy (non-hydrogen) atoms. The lowest BCUT2D eigenvalue weighted by atomic mass is 10.2. The van der Waals surface area contributed by atoms with Crippen LogP contribution in [0.5, 0.6) is 0 Å². The highest BCUT2D eigenvalue weighted by Gasteiger charge is 2.31. The van der Waals surface area contributed by atoms with Crippen LogP contribution in [0.15, 0.2) is 14.7 Å². The van der Waals surface area contributed by atoms with Gasteiger partial charge in [0.25, 0.3) is 5.56 Å². The summed E-state index contributed by atoms with van der Waals surface area (Å²) in [5, 5.41) is 6.44. The molecule has 8 nitrogen and oxygen atoms in total. The first-order valence-electron chi connectivity index (χ1n) is 8.85. The van der Waals surface area contributed by atoms with E-state index in [1.165, 1.54) is 9.13 Å². The van der Waals surface area contributed by atoms with Crippen molar-refractivity contribution in [3.63, 3.8) is 0 Å². The number of nitrogens with zero attached hydrogens (tertiary/aromatic N) is 6. The van der Waals surface area contributed by atoms with Gasteiger partial charge in [0, 0.05) is 13.6 Å². The number of anilines is 1. The van der Waals surface area contributed by atoms with Crippen LogP contribution in [0.3, 0.4) is 0 Å². The van der Waals surface area contributed by atoms with Crippen molar-refractivity contribution in [1.29, 1.82) is 0 Å². The Morgan fingerprint density at radius 2 is 1.92 bits per heavy atom. The van der Waals surface area contributed by atoms with Crippen LogP contribution in [-0.2, 0) is 13.6 Å². The zero-order valence-corrected chi connectivity index (χ0v) is 15.8. The van der Waals surface area contributed by atoms with Gasteiger partial charge in [0.05, 0.1) is 17.8 Å². The minimum atomic E-state index is -0.317. The van der Waals surface area contributed by atoms with Crippen molar-refractivity contribution in [2.75, 3.05) is 5.01 Å². The van der Waals surface area contributed by atoms with Gasteiger partial charge in [-0.05, 0) is 34.1 Å². The Bertz CT molecular complexity index is 962. The summed E-state index contributed by atoms with van der Waals surface area (Å²) in [5.41, 5.74) is 1.22. The molecule has 8 heteroatoms. The predicted octanol–water partition coefficient (Wildman–Crippen LogP) is 1.86. The van der Waals surface area contributed by atoms with Crippen molar-refractivity contribution in [1.82, 2.24) is 18.7 Å². The number of hydrazone groups is 1. The molecule has 0 unspecified atom stereocenters. The highest BCUT2D eigenvalue weighted by molar-refractivity contribution is 5.91. The summed E-state index contributed by atoms with van der Waals surface area (Å²) in [5.74, 6) is 0.614. The summed E-state index contributed by atoms with van der Waals surface area (Å²) in [7, 11) is 1.67. The number of aromatic nitrogens is 4. The van der Waals surface area contributed by atoms with E-state index in [4.69, 9.17) is 0 Å². The van der Waals surface area contributed by atoms with Crippen molar-refractivity contribution in [2.24, 2.45) is 12.1 Å².